The summed E-state index contributed by atoms with van der Waals surface area (Å²) in [5, 5.41) is 0. The number of benzene rings is 2. The first-order valence-electron chi connectivity index (χ1n) is 7.50. The van der Waals surface area contributed by atoms with Crippen molar-refractivity contribution in [3.8, 4) is 0 Å². The van der Waals surface area contributed by atoms with Gasteiger partial charge in [0.2, 0.25) is 0 Å². The smallest absolute Gasteiger partial charge is 0.0177 e. The summed E-state index contributed by atoms with van der Waals surface area (Å²) in [6.07, 6.45) is 3.43. The second kappa shape index (κ2) is 5.06. The molecule has 104 valence electrons. The highest BCUT2D eigenvalue weighted by molar-refractivity contribution is 5.38. The maximum Gasteiger partial charge on any atom is 0.0177 e. The molecule has 0 aliphatic heterocycles. The lowest BCUT2D eigenvalue weighted by Crippen LogP contribution is -2.37. The molecular formula is C19H23N. The van der Waals surface area contributed by atoms with Crippen molar-refractivity contribution >= 4 is 0 Å². The number of hydrogen-bond acceptors (Lipinski definition) is 1. The molecule has 1 nitrogen and oxygen atoms in total. The first-order valence-corrected chi connectivity index (χ1v) is 7.50. The lowest BCUT2D eigenvalue weighted by molar-refractivity contribution is 0.512. The van der Waals surface area contributed by atoms with Crippen molar-refractivity contribution in [2.24, 2.45) is 5.73 Å². The van der Waals surface area contributed by atoms with Crippen molar-refractivity contribution in [3.63, 3.8) is 0 Å². The van der Waals surface area contributed by atoms with Gasteiger partial charge in [0.25, 0.3) is 0 Å². The number of nitrogens with two attached hydrogens (primary N) is 1. The van der Waals surface area contributed by atoms with Crippen LogP contribution in [0.2, 0.25) is 0 Å². The van der Waals surface area contributed by atoms with Crippen LogP contribution in [0.15, 0.2) is 48.5 Å². The Hall–Kier alpha value is -1.60. The Balaban J connectivity index is 1.85. The molecular weight excluding hydrogens is 242 g/mol. The lowest BCUT2D eigenvalue weighted by Gasteiger charge is -2.25. The van der Waals surface area contributed by atoms with Crippen molar-refractivity contribution in [1.82, 2.24) is 0 Å². The fraction of sp³-hybridized carbons (Fsp3) is 0.368. The van der Waals surface area contributed by atoms with E-state index in [1.807, 2.05) is 0 Å². The first kappa shape index (κ1) is 13.4. The van der Waals surface area contributed by atoms with Gasteiger partial charge in [-0.05, 0) is 55.4 Å². The van der Waals surface area contributed by atoms with Crippen LogP contribution >= 0.6 is 0 Å². The monoisotopic (exact) mass is 265 g/mol. The van der Waals surface area contributed by atoms with Gasteiger partial charge >= 0.3 is 0 Å². The third-order valence-corrected chi connectivity index (χ3v) is 4.92. The Morgan fingerprint density at radius 1 is 0.950 bits per heavy atom. The Bertz CT molecular complexity index is 576. The number of hydrogen-bond donors (Lipinski definition) is 1. The molecule has 1 aliphatic carbocycles. The standard InChI is InChI=1S/C19H23N/c1-14-7-6-8-15(2)17(14)13-18(20)19(11-12-19)16-9-4-3-5-10-16/h3-10,18H,11-13,20H2,1-2H3. The van der Waals surface area contributed by atoms with Gasteiger partial charge in [-0.2, -0.15) is 0 Å². The van der Waals surface area contributed by atoms with Crippen LogP contribution in [0.4, 0.5) is 0 Å². The van der Waals surface area contributed by atoms with Gasteiger partial charge in [0.1, 0.15) is 0 Å². The molecule has 1 fully saturated rings. The highest BCUT2D eigenvalue weighted by atomic mass is 14.7. The molecule has 2 aromatic rings. The summed E-state index contributed by atoms with van der Waals surface area (Å²) in [4.78, 5) is 0. The zero-order valence-corrected chi connectivity index (χ0v) is 12.4. The summed E-state index contributed by atoms with van der Waals surface area (Å²) >= 11 is 0. The fourth-order valence-corrected chi connectivity index (χ4v) is 3.36. The third-order valence-electron chi connectivity index (χ3n) is 4.92. The van der Waals surface area contributed by atoms with Crippen LogP contribution in [0.5, 0.6) is 0 Å². The maximum absolute atomic E-state index is 6.62. The summed E-state index contributed by atoms with van der Waals surface area (Å²) < 4.78 is 0. The van der Waals surface area contributed by atoms with Gasteiger partial charge < -0.3 is 5.73 Å². The predicted octanol–water partition coefficient (Wildman–Crippen LogP) is 3.91. The molecule has 0 spiro atoms. The van der Waals surface area contributed by atoms with E-state index in [2.05, 4.69) is 62.4 Å². The Labute approximate surface area is 121 Å². The number of aryl methyl sites for hydroxylation is 2. The Morgan fingerprint density at radius 2 is 1.55 bits per heavy atom. The summed E-state index contributed by atoms with van der Waals surface area (Å²) in [6, 6.07) is 17.5. The maximum atomic E-state index is 6.62. The molecule has 2 aromatic carbocycles. The lowest BCUT2D eigenvalue weighted by atomic mass is 9.83. The predicted molar refractivity (Wildman–Crippen MR) is 84.9 cm³/mol. The quantitative estimate of drug-likeness (QED) is 0.891. The zero-order valence-electron chi connectivity index (χ0n) is 12.4. The van der Waals surface area contributed by atoms with E-state index in [-0.39, 0.29) is 11.5 Å². The molecule has 1 unspecified atom stereocenters. The molecule has 3 rings (SSSR count). The first-order chi connectivity index (χ1) is 9.63. The Morgan fingerprint density at radius 3 is 2.10 bits per heavy atom. The minimum absolute atomic E-state index is 0.213. The van der Waals surface area contributed by atoms with Crippen molar-refractivity contribution < 1.29 is 0 Å². The van der Waals surface area contributed by atoms with Crippen LogP contribution in [0.1, 0.15) is 35.1 Å². The zero-order chi connectivity index (χ0) is 14.2. The van der Waals surface area contributed by atoms with Gasteiger partial charge in [0.05, 0.1) is 0 Å². The van der Waals surface area contributed by atoms with Gasteiger partial charge in [-0.1, -0.05) is 48.5 Å². The van der Waals surface area contributed by atoms with Crippen LogP contribution in [-0.4, -0.2) is 6.04 Å². The molecule has 0 saturated heterocycles. The van der Waals surface area contributed by atoms with Gasteiger partial charge in [-0.25, -0.2) is 0 Å². The average Bonchev–Trinajstić information content (AvgIpc) is 3.25. The van der Waals surface area contributed by atoms with E-state index in [1.165, 1.54) is 35.1 Å². The highest BCUT2D eigenvalue weighted by Gasteiger charge is 2.48. The highest BCUT2D eigenvalue weighted by Crippen LogP contribution is 2.51. The van der Waals surface area contributed by atoms with Crippen LogP contribution in [0.3, 0.4) is 0 Å². The van der Waals surface area contributed by atoms with Gasteiger partial charge in [-0.15, -0.1) is 0 Å². The molecule has 0 bridgehead atoms. The van der Waals surface area contributed by atoms with Crippen LogP contribution in [0, 0.1) is 13.8 Å². The van der Waals surface area contributed by atoms with Gasteiger partial charge in [-0.3, -0.25) is 0 Å². The minimum Gasteiger partial charge on any atom is -0.327 e. The average molecular weight is 265 g/mol. The van der Waals surface area contributed by atoms with E-state index < -0.39 is 0 Å². The van der Waals surface area contributed by atoms with Crippen molar-refractivity contribution in [3.05, 3.63) is 70.8 Å². The Kier molecular flexibility index (Phi) is 3.39. The third kappa shape index (κ3) is 2.27. The minimum atomic E-state index is 0.213. The van der Waals surface area contributed by atoms with Crippen molar-refractivity contribution in [2.45, 2.75) is 44.6 Å². The van der Waals surface area contributed by atoms with E-state index in [1.54, 1.807) is 0 Å². The van der Waals surface area contributed by atoms with Crippen LogP contribution in [0.25, 0.3) is 0 Å². The SMILES string of the molecule is Cc1cccc(C)c1CC(N)C1(c2ccccc2)CC1. The largest absolute Gasteiger partial charge is 0.327 e. The second-order valence-electron chi connectivity index (χ2n) is 6.20. The molecule has 0 radical (unpaired) electrons. The second-order valence-corrected chi connectivity index (χ2v) is 6.20. The fourth-order valence-electron chi connectivity index (χ4n) is 3.36. The topological polar surface area (TPSA) is 26.0 Å². The molecule has 0 aromatic heterocycles. The molecule has 1 aliphatic rings. The van der Waals surface area contributed by atoms with Crippen LogP contribution < -0.4 is 5.73 Å². The van der Waals surface area contributed by atoms with Crippen molar-refractivity contribution in [2.75, 3.05) is 0 Å². The van der Waals surface area contributed by atoms with Crippen LogP contribution in [-0.2, 0) is 11.8 Å². The van der Waals surface area contributed by atoms with E-state index in [9.17, 15) is 0 Å². The number of rotatable bonds is 4. The molecule has 2 N–H and O–H groups in total. The molecule has 1 saturated carbocycles. The molecule has 1 atom stereocenters. The molecule has 0 heterocycles. The molecule has 20 heavy (non-hydrogen) atoms. The van der Waals surface area contributed by atoms with E-state index in [4.69, 9.17) is 5.73 Å². The molecule has 1 heteroatoms. The van der Waals surface area contributed by atoms with Crippen molar-refractivity contribution in [1.29, 1.82) is 0 Å². The summed E-state index contributed by atoms with van der Waals surface area (Å²) in [7, 11) is 0. The van der Waals surface area contributed by atoms with E-state index in [0.717, 1.165) is 6.42 Å². The van der Waals surface area contributed by atoms with E-state index in [0.29, 0.717) is 0 Å². The normalized spacial score (nSPS) is 17.8. The molecule has 0 amide bonds. The summed E-state index contributed by atoms with van der Waals surface area (Å²) in [5.41, 5.74) is 12.4. The van der Waals surface area contributed by atoms with Gasteiger partial charge in [0, 0.05) is 11.5 Å². The van der Waals surface area contributed by atoms with E-state index >= 15 is 0 Å². The van der Waals surface area contributed by atoms with Gasteiger partial charge in [0.15, 0.2) is 0 Å². The summed E-state index contributed by atoms with van der Waals surface area (Å²) in [5.74, 6) is 0. The summed E-state index contributed by atoms with van der Waals surface area (Å²) in [6.45, 7) is 4.38.